The fourth-order valence-electron chi connectivity index (χ4n) is 2.02. The van der Waals surface area contributed by atoms with Gasteiger partial charge in [0.1, 0.15) is 0 Å². The molecule has 20 heavy (non-hydrogen) atoms. The quantitative estimate of drug-likeness (QED) is 0.876. The summed E-state index contributed by atoms with van der Waals surface area (Å²) in [5.41, 5.74) is 1.01. The number of benzene rings is 1. The Morgan fingerprint density at radius 2 is 1.85 bits per heavy atom. The molecule has 0 aromatic heterocycles. The van der Waals surface area contributed by atoms with E-state index in [1.165, 1.54) is 0 Å². The highest BCUT2D eigenvalue weighted by atomic mass is 35.5. The summed E-state index contributed by atoms with van der Waals surface area (Å²) in [6, 6.07) is 7.63. The zero-order valence-corrected chi connectivity index (χ0v) is 14.2. The zero-order chi connectivity index (χ0) is 15.4. The third kappa shape index (κ3) is 4.47. The monoisotopic (exact) mass is 317 g/mol. The predicted molar refractivity (Wildman–Crippen MR) is 86.3 cm³/mol. The zero-order valence-electron chi connectivity index (χ0n) is 12.6. The third-order valence-electron chi connectivity index (χ3n) is 3.46. The van der Waals surface area contributed by atoms with Crippen molar-refractivity contribution in [1.82, 2.24) is 5.32 Å². The van der Waals surface area contributed by atoms with Gasteiger partial charge in [0.15, 0.2) is 9.84 Å². The van der Waals surface area contributed by atoms with Crippen LogP contribution in [0, 0.1) is 0 Å². The second-order valence-corrected chi connectivity index (χ2v) is 9.27. The van der Waals surface area contributed by atoms with Crippen molar-refractivity contribution in [2.75, 3.05) is 19.3 Å². The molecule has 1 rings (SSSR count). The normalized spacial score (nSPS) is 14.2. The number of likely N-dealkylation sites (N-methyl/N-ethyl adjacent to an activating group) is 1. The lowest BCUT2D eigenvalue weighted by molar-refractivity contribution is 0.546. The molecule has 0 radical (unpaired) electrons. The lowest BCUT2D eigenvalue weighted by Gasteiger charge is -2.23. The molecule has 0 saturated heterocycles. The van der Waals surface area contributed by atoms with Gasteiger partial charge in [-0.2, -0.15) is 0 Å². The lowest BCUT2D eigenvalue weighted by atomic mass is 9.96. The van der Waals surface area contributed by atoms with Crippen molar-refractivity contribution in [3.63, 3.8) is 0 Å². The second kappa shape index (κ2) is 6.92. The Balaban J connectivity index is 2.88. The summed E-state index contributed by atoms with van der Waals surface area (Å²) in [5.74, 6) is 0.277. The average molecular weight is 318 g/mol. The third-order valence-corrected chi connectivity index (χ3v) is 6.45. The molecule has 0 spiro atoms. The highest BCUT2D eigenvalue weighted by Crippen LogP contribution is 2.28. The highest BCUT2D eigenvalue weighted by Gasteiger charge is 2.29. The van der Waals surface area contributed by atoms with Crippen molar-refractivity contribution in [2.24, 2.45) is 0 Å². The topological polar surface area (TPSA) is 46.2 Å². The van der Waals surface area contributed by atoms with Crippen molar-refractivity contribution in [2.45, 2.75) is 37.9 Å². The van der Waals surface area contributed by atoms with E-state index in [1.54, 1.807) is 20.8 Å². The summed E-state index contributed by atoms with van der Waals surface area (Å²) in [4.78, 5) is 0. The molecule has 1 aromatic rings. The van der Waals surface area contributed by atoms with Crippen LogP contribution in [0.25, 0.3) is 0 Å². The maximum atomic E-state index is 12.2. The van der Waals surface area contributed by atoms with Crippen LogP contribution < -0.4 is 5.32 Å². The molecule has 0 saturated carbocycles. The van der Waals surface area contributed by atoms with E-state index >= 15 is 0 Å². The number of nitrogens with one attached hydrogen (secondary N) is 1. The van der Waals surface area contributed by atoms with E-state index in [2.05, 4.69) is 5.32 Å². The predicted octanol–water partition coefficient (Wildman–Crippen LogP) is 3.25. The lowest BCUT2D eigenvalue weighted by Crippen LogP contribution is -2.31. The molecule has 1 N–H and O–H groups in total. The van der Waals surface area contributed by atoms with Gasteiger partial charge in [0.25, 0.3) is 0 Å². The van der Waals surface area contributed by atoms with E-state index in [0.29, 0.717) is 18.0 Å². The molecule has 0 fully saturated rings. The van der Waals surface area contributed by atoms with Gasteiger partial charge in [-0.05, 0) is 51.8 Å². The van der Waals surface area contributed by atoms with Crippen molar-refractivity contribution < 1.29 is 8.42 Å². The number of rotatable bonds is 6. The smallest absolute Gasteiger partial charge is 0.155 e. The first kappa shape index (κ1) is 17.5. The molecule has 0 aliphatic carbocycles. The molecule has 0 bridgehead atoms. The Morgan fingerprint density at radius 3 is 2.35 bits per heavy atom. The number of hydrogen-bond donors (Lipinski definition) is 1. The van der Waals surface area contributed by atoms with Crippen LogP contribution >= 0.6 is 11.6 Å². The summed E-state index contributed by atoms with van der Waals surface area (Å²) in [6.07, 6.45) is 0.574. The van der Waals surface area contributed by atoms with Crippen molar-refractivity contribution in [3.8, 4) is 0 Å². The molecule has 3 nitrogen and oxygen atoms in total. The summed E-state index contributed by atoms with van der Waals surface area (Å²) < 4.78 is 23.7. The van der Waals surface area contributed by atoms with Crippen LogP contribution in [-0.2, 0) is 9.84 Å². The first-order valence-corrected chi connectivity index (χ1v) is 8.83. The SMILES string of the molecule is CNCC(CCS(=O)(=O)C(C)(C)C)c1ccccc1Cl. The minimum absolute atomic E-state index is 0.103. The Kier molecular flexibility index (Phi) is 6.05. The highest BCUT2D eigenvalue weighted by molar-refractivity contribution is 7.92. The van der Waals surface area contributed by atoms with Crippen LogP contribution in [0.3, 0.4) is 0 Å². The van der Waals surface area contributed by atoms with Crippen LogP contribution in [0.15, 0.2) is 24.3 Å². The van der Waals surface area contributed by atoms with Crippen molar-refractivity contribution in [3.05, 3.63) is 34.9 Å². The molecular formula is C15H24ClNO2S. The minimum Gasteiger partial charge on any atom is -0.319 e. The largest absolute Gasteiger partial charge is 0.319 e. The van der Waals surface area contributed by atoms with Gasteiger partial charge in [-0.25, -0.2) is 8.42 Å². The molecule has 1 atom stereocenters. The molecule has 1 unspecified atom stereocenters. The van der Waals surface area contributed by atoms with Crippen LogP contribution in [0.2, 0.25) is 5.02 Å². The Hall–Kier alpha value is -0.580. The molecular weight excluding hydrogens is 294 g/mol. The van der Waals surface area contributed by atoms with Gasteiger partial charge in [0.2, 0.25) is 0 Å². The van der Waals surface area contributed by atoms with E-state index in [4.69, 9.17) is 11.6 Å². The van der Waals surface area contributed by atoms with Crippen LogP contribution in [0.1, 0.15) is 38.7 Å². The summed E-state index contributed by atoms with van der Waals surface area (Å²) in [6.45, 7) is 5.93. The van der Waals surface area contributed by atoms with Crippen molar-refractivity contribution in [1.29, 1.82) is 0 Å². The van der Waals surface area contributed by atoms with E-state index < -0.39 is 14.6 Å². The maximum Gasteiger partial charge on any atom is 0.155 e. The Bertz CT molecular complexity index is 535. The molecule has 0 heterocycles. The maximum absolute atomic E-state index is 12.2. The van der Waals surface area contributed by atoms with Crippen LogP contribution in [0.4, 0.5) is 0 Å². The molecule has 1 aromatic carbocycles. The van der Waals surface area contributed by atoms with Crippen molar-refractivity contribution >= 4 is 21.4 Å². The first-order valence-electron chi connectivity index (χ1n) is 6.80. The first-order chi connectivity index (χ1) is 9.19. The van der Waals surface area contributed by atoms with E-state index in [0.717, 1.165) is 5.56 Å². The number of hydrogen-bond acceptors (Lipinski definition) is 3. The van der Waals surface area contributed by atoms with Gasteiger partial charge in [0.05, 0.1) is 10.5 Å². The van der Waals surface area contributed by atoms with Gasteiger partial charge < -0.3 is 5.32 Å². The second-order valence-electron chi connectivity index (χ2n) is 6.00. The van der Waals surface area contributed by atoms with E-state index in [9.17, 15) is 8.42 Å². The Labute approximate surface area is 127 Å². The molecule has 114 valence electrons. The molecule has 0 aliphatic heterocycles. The Morgan fingerprint density at radius 1 is 1.25 bits per heavy atom. The number of sulfone groups is 1. The van der Waals surface area contributed by atoms with Gasteiger partial charge >= 0.3 is 0 Å². The van der Waals surface area contributed by atoms with Gasteiger partial charge in [0, 0.05) is 11.6 Å². The van der Waals surface area contributed by atoms with Crippen LogP contribution in [0.5, 0.6) is 0 Å². The standard InChI is InChI=1S/C15H24ClNO2S/c1-15(2,3)20(18,19)10-9-12(11-17-4)13-7-5-6-8-14(13)16/h5-8,12,17H,9-11H2,1-4H3. The summed E-state index contributed by atoms with van der Waals surface area (Å²) in [5, 5.41) is 3.81. The van der Waals surface area contributed by atoms with Crippen LogP contribution in [-0.4, -0.2) is 32.5 Å². The van der Waals surface area contributed by atoms with E-state index in [-0.39, 0.29) is 11.7 Å². The summed E-state index contributed by atoms with van der Waals surface area (Å²) in [7, 11) is -1.24. The van der Waals surface area contributed by atoms with E-state index in [1.807, 2.05) is 31.3 Å². The molecule has 0 aliphatic rings. The molecule has 0 amide bonds. The minimum atomic E-state index is -3.10. The fourth-order valence-corrected chi connectivity index (χ4v) is 3.52. The summed E-state index contributed by atoms with van der Waals surface area (Å²) >= 11 is 6.22. The van der Waals surface area contributed by atoms with Gasteiger partial charge in [-0.15, -0.1) is 0 Å². The average Bonchev–Trinajstić information content (AvgIpc) is 2.34. The van der Waals surface area contributed by atoms with Gasteiger partial charge in [-0.1, -0.05) is 29.8 Å². The molecule has 5 heteroatoms. The van der Waals surface area contributed by atoms with Gasteiger partial charge in [-0.3, -0.25) is 0 Å². The fraction of sp³-hybridized carbons (Fsp3) is 0.600. The number of halogens is 1.